The van der Waals surface area contributed by atoms with Gasteiger partial charge >= 0.3 is 0 Å². The molecule has 0 aliphatic carbocycles. The molecule has 30 heavy (non-hydrogen) atoms. The van der Waals surface area contributed by atoms with Crippen LogP contribution >= 0.6 is 23.2 Å². The number of hydrogen-bond donors (Lipinski definition) is 1. The van der Waals surface area contributed by atoms with Crippen molar-refractivity contribution in [2.45, 2.75) is 31.2 Å². The highest BCUT2D eigenvalue weighted by Crippen LogP contribution is 2.27. The first-order chi connectivity index (χ1) is 14.2. The summed E-state index contributed by atoms with van der Waals surface area (Å²) in [4.78, 5) is 14.8. The number of benzene rings is 2. The lowest BCUT2D eigenvalue weighted by atomic mass is 9.98. The van der Waals surface area contributed by atoms with Gasteiger partial charge in [-0.1, -0.05) is 36.2 Å². The van der Waals surface area contributed by atoms with Crippen molar-refractivity contribution >= 4 is 39.1 Å². The Morgan fingerprint density at radius 3 is 2.50 bits per heavy atom. The number of amides is 1. The van der Waals surface area contributed by atoms with Crippen LogP contribution in [-0.4, -0.2) is 39.4 Å². The van der Waals surface area contributed by atoms with Gasteiger partial charge in [0.1, 0.15) is 5.75 Å². The van der Waals surface area contributed by atoms with E-state index in [4.69, 9.17) is 27.9 Å². The molecule has 0 aromatic heterocycles. The number of methoxy groups -OCH3 is 1. The Morgan fingerprint density at radius 1 is 1.17 bits per heavy atom. The molecular formula is C21H24Cl2N2O4S. The lowest BCUT2D eigenvalue weighted by Crippen LogP contribution is -2.38. The Balaban J connectivity index is 1.82. The van der Waals surface area contributed by atoms with Crippen LogP contribution in [0.1, 0.15) is 35.7 Å². The standard InChI is InChI=1S/C21H24Cl2N2O4S/c1-14-7-9-25(10-8-14)21(26)18-12-17(5-6-20(18)29-2)30(27,28)24-13-15-3-4-16(22)11-19(15)23/h3-6,11-12,14,24H,7-10,13H2,1-2H3. The van der Waals surface area contributed by atoms with Gasteiger partial charge in [-0.2, -0.15) is 0 Å². The van der Waals surface area contributed by atoms with Crippen molar-refractivity contribution in [2.24, 2.45) is 5.92 Å². The summed E-state index contributed by atoms with van der Waals surface area (Å²) in [6.07, 6.45) is 1.85. The second-order valence-electron chi connectivity index (χ2n) is 7.40. The Morgan fingerprint density at radius 2 is 1.87 bits per heavy atom. The van der Waals surface area contributed by atoms with Crippen LogP contribution < -0.4 is 9.46 Å². The van der Waals surface area contributed by atoms with Gasteiger partial charge in [0.15, 0.2) is 0 Å². The smallest absolute Gasteiger partial charge is 0.257 e. The number of likely N-dealkylation sites (tertiary alicyclic amines) is 1. The molecule has 9 heteroatoms. The maximum Gasteiger partial charge on any atom is 0.257 e. The number of halogens is 2. The fourth-order valence-electron chi connectivity index (χ4n) is 3.32. The van der Waals surface area contributed by atoms with Crippen LogP contribution in [-0.2, 0) is 16.6 Å². The zero-order chi connectivity index (χ0) is 21.9. The molecule has 3 rings (SSSR count). The Labute approximate surface area is 187 Å². The number of sulfonamides is 1. The quantitative estimate of drug-likeness (QED) is 0.680. The van der Waals surface area contributed by atoms with E-state index in [1.54, 1.807) is 23.1 Å². The van der Waals surface area contributed by atoms with E-state index in [9.17, 15) is 13.2 Å². The minimum absolute atomic E-state index is 0.00232. The van der Waals surface area contributed by atoms with E-state index in [0.717, 1.165) is 12.8 Å². The third-order valence-corrected chi connectivity index (χ3v) is 7.24. The van der Waals surface area contributed by atoms with E-state index >= 15 is 0 Å². The average Bonchev–Trinajstić information content (AvgIpc) is 2.72. The molecule has 0 saturated carbocycles. The molecule has 0 radical (unpaired) electrons. The highest BCUT2D eigenvalue weighted by molar-refractivity contribution is 7.89. The Bertz CT molecular complexity index is 1040. The summed E-state index contributed by atoms with van der Waals surface area (Å²) in [6, 6.07) is 9.14. The number of ether oxygens (including phenoxy) is 1. The number of hydrogen-bond acceptors (Lipinski definition) is 4. The minimum atomic E-state index is -3.87. The normalized spacial score (nSPS) is 15.3. The molecule has 162 valence electrons. The SMILES string of the molecule is COc1ccc(S(=O)(=O)NCc2ccc(Cl)cc2Cl)cc1C(=O)N1CCC(C)CC1. The van der Waals surface area contributed by atoms with Crippen LogP contribution in [0, 0.1) is 5.92 Å². The first-order valence-corrected chi connectivity index (χ1v) is 11.9. The number of nitrogens with one attached hydrogen (secondary N) is 1. The second kappa shape index (κ2) is 9.56. The van der Waals surface area contributed by atoms with Crippen molar-refractivity contribution in [1.29, 1.82) is 0 Å². The summed E-state index contributed by atoms with van der Waals surface area (Å²) in [7, 11) is -2.42. The Kier molecular flexibility index (Phi) is 7.29. The number of rotatable bonds is 6. The molecule has 1 fully saturated rings. The van der Waals surface area contributed by atoms with Crippen LogP contribution in [0.5, 0.6) is 5.75 Å². The fourth-order valence-corrected chi connectivity index (χ4v) is 4.83. The third-order valence-electron chi connectivity index (χ3n) is 5.25. The van der Waals surface area contributed by atoms with E-state index in [1.165, 1.54) is 25.3 Å². The van der Waals surface area contributed by atoms with E-state index in [2.05, 4.69) is 11.6 Å². The van der Waals surface area contributed by atoms with Gasteiger partial charge < -0.3 is 9.64 Å². The van der Waals surface area contributed by atoms with Gasteiger partial charge in [0.05, 0.1) is 17.6 Å². The number of carbonyl (C=O) groups is 1. The van der Waals surface area contributed by atoms with Gasteiger partial charge in [-0.05, 0) is 54.7 Å². The molecule has 1 heterocycles. The number of carbonyl (C=O) groups excluding carboxylic acids is 1. The summed E-state index contributed by atoms with van der Waals surface area (Å²) >= 11 is 12.0. The molecule has 1 aliphatic heterocycles. The van der Waals surface area contributed by atoms with E-state index in [0.29, 0.717) is 40.4 Å². The van der Waals surface area contributed by atoms with Gasteiger partial charge in [0.2, 0.25) is 10.0 Å². The van der Waals surface area contributed by atoms with Crippen LogP contribution in [0.25, 0.3) is 0 Å². The molecule has 0 atom stereocenters. The first kappa shape index (κ1) is 22.9. The van der Waals surface area contributed by atoms with E-state index in [1.807, 2.05) is 0 Å². The maximum absolute atomic E-state index is 13.0. The third kappa shape index (κ3) is 5.27. The van der Waals surface area contributed by atoms with Crippen molar-refractivity contribution < 1.29 is 17.9 Å². The van der Waals surface area contributed by atoms with Gasteiger partial charge in [0, 0.05) is 29.7 Å². The molecule has 2 aromatic rings. The highest BCUT2D eigenvalue weighted by Gasteiger charge is 2.26. The highest BCUT2D eigenvalue weighted by atomic mass is 35.5. The predicted octanol–water partition coefficient (Wildman–Crippen LogP) is 4.35. The molecular weight excluding hydrogens is 447 g/mol. The van der Waals surface area contributed by atoms with Crippen molar-refractivity contribution in [3.8, 4) is 5.75 Å². The average molecular weight is 471 g/mol. The Hall–Kier alpha value is -1.80. The summed E-state index contributed by atoms with van der Waals surface area (Å²) in [5.41, 5.74) is 0.830. The molecule has 1 aliphatic rings. The maximum atomic E-state index is 13.0. The molecule has 2 aromatic carbocycles. The van der Waals surface area contributed by atoms with Gasteiger partial charge in [-0.15, -0.1) is 0 Å². The second-order valence-corrected chi connectivity index (χ2v) is 10.0. The van der Waals surface area contributed by atoms with Crippen LogP contribution in [0.4, 0.5) is 0 Å². The first-order valence-electron chi connectivity index (χ1n) is 9.62. The summed E-state index contributed by atoms with van der Waals surface area (Å²) in [5.74, 6) is 0.696. The van der Waals surface area contributed by atoms with Crippen LogP contribution in [0.2, 0.25) is 10.0 Å². The lowest BCUT2D eigenvalue weighted by Gasteiger charge is -2.30. The summed E-state index contributed by atoms with van der Waals surface area (Å²) in [5, 5.41) is 0.840. The number of nitrogens with zero attached hydrogens (tertiary/aromatic N) is 1. The van der Waals surface area contributed by atoms with Gasteiger partial charge in [-0.25, -0.2) is 13.1 Å². The minimum Gasteiger partial charge on any atom is -0.496 e. The molecule has 1 amide bonds. The molecule has 0 spiro atoms. The van der Waals surface area contributed by atoms with Crippen molar-refractivity contribution in [2.75, 3.05) is 20.2 Å². The monoisotopic (exact) mass is 470 g/mol. The topological polar surface area (TPSA) is 75.7 Å². The van der Waals surface area contributed by atoms with Gasteiger partial charge in [-0.3, -0.25) is 4.79 Å². The largest absolute Gasteiger partial charge is 0.496 e. The number of piperidine rings is 1. The zero-order valence-corrected chi connectivity index (χ0v) is 19.1. The van der Waals surface area contributed by atoms with E-state index in [-0.39, 0.29) is 22.9 Å². The molecule has 0 bridgehead atoms. The lowest BCUT2D eigenvalue weighted by molar-refractivity contribution is 0.0693. The van der Waals surface area contributed by atoms with Crippen molar-refractivity contribution in [3.63, 3.8) is 0 Å². The zero-order valence-electron chi connectivity index (χ0n) is 16.8. The van der Waals surface area contributed by atoms with Crippen molar-refractivity contribution in [1.82, 2.24) is 9.62 Å². The molecule has 0 unspecified atom stereocenters. The summed E-state index contributed by atoms with van der Waals surface area (Å²) in [6.45, 7) is 3.45. The molecule has 1 saturated heterocycles. The fraction of sp³-hybridized carbons (Fsp3) is 0.381. The van der Waals surface area contributed by atoms with E-state index < -0.39 is 10.0 Å². The molecule has 1 N–H and O–H groups in total. The van der Waals surface area contributed by atoms with Crippen molar-refractivity contribution in [3.05, 3.63) is 57.6 Å². The van der Waals surface area contributed by atoms with Crippen LogP contribution in [0.15, 0.2) is 41.3 Å². The van der Waals surface area contributed by atoms with Gasteiger partial charge in [0.25, 0.3) is 5.91 Å². The molecule has 6 nitrogen and oxygen atoms in total. The predicted molar refractivity (Wildman–Crippen MR) is 118 cm³/mol. The summed E-state index contributed by atoms with van der Waals surface area (Å²) < 4.78 is 33.5. The van der Waals surface area contributed by atoms with Crippen LogP contribution in [0.3, 0.4) is 0 Å².